The second-order valence-electron chi connectivity index (χ2n) is 6.22. The summed E-state index contributed by atoms with van der Waals surface area (Å²) in [5.41, 5.74) is 5.16. The zero-order chi connectivity index (χ0) is 15.3. The predicted octanol–water partition coefficient (Wildman–Crippen LogP) is 6.24. The van der Waals surface area contributed by atoms with Crippen molar-refractivity contribution in [3.05, 3.63) is 74.7 Å². The number of nitrogens with one attached hydrogen (secondary N) is 1. The van der Waals surface area contributed by atoms with E-state index in [9.17, 15) is 0 Å². The van der Waals surface area contributed by atoms with Crippen LogP contribution in [0.5, 0.6) is 0 Å². The lowest BCUT2D eigenvalue weighted by Gasteiger charge is -2.38. The fourth-order valence-corrected chi connectivity index (χ4v) is 4.57. The molecule has 1 nitrogen and oxygen atoms in total. The van der Waals surface area contributed by atoms with Crippen LogP contribution in [0.2, 0.25) is 5.02 Å². The minimum atomic E-state index is 0.338. The second kappa shape index (κ2) is 5.43. The van der Waals surface area contributed by atoms with Gasteiger partial charge in [0.1, 0.15) is 0 Å². The summed E-state index contributed by atoms with van der Waals surface area (Å²) in [6, 6.07) is 13.1. The number of rotatable bonds is 1. The van der Waals surface area contributed by atoms with E-state index in [4.69, 9.17) is 11.6 Å². The topological polar surface area (TPSA) is 12.0 Å². The Labute approximate surface area is 144 Å². The van der Waals surface area contributed by atoms with Gasteiger partial charge < -0.3 is 5.32 Å². The predicted molar refractivity (Wildman–Crippen MR) is 96.7 cm³/mol. The second-order valence-corrected chi connectivity index (χ2v) is 7.57. The van der Waals surface area contributed by atoms with Crippen LogP contribution in [0, 0.1) is 12.8 Å². The average molecular weight is 375 g/mol. The minimum absolute atomic E-state index is 0.338. The van der Waals surface area contributed by atoms with Crippen molar-refractivity contribution in [2.24, 2.45) is 5.92 Å². The first kappa shape index (κ1) is 14.3. The Kier molecular flexibility index (Phi) is 3.54. The molecule has 0 unspecified atom stereocenters. The van der Waals surface area contributed by atoms with E-state index in [1.807, 2.05) is 6.07 Å². The Morgan fingerprint density at radius 1 is 1.23 bits per heavy atom. The zero-order valence-corrected chi connectivity index (χ0v) is 14.7. The van der Waals surface area contributed by atoms with E-state index in [0.29, 0.717) is 17.9 Å². The molecule has 2 aromatic rings. The van der Waals surface area contributed by atoms with Crippen molar-refractivity contribution >= 4 is 33.2 Å². The smallest absolute Gasteiger partial charge is 0.0554 e. The van der Waals surface area contributed by atoms with Crippen molar-refractivity contribution in [3.63, 3.8) is 0 Å². The molecule has 1 heterocycles. The Morgan fingerprint density at radius 2 is 2.09 bits per heavy atom. The van der Waals surface area contributed by atoms with Crippen molar-refractivity contribution in [2.75, 3.05) is 5.32 Å². The molecule has 1 aliphatic carbocycles. The largest absolute Gasteiger partial charge is 0.377 e. The summed E-state index contributed by atoms with van der Waals surface area (Å²) >= 11 is 9.88. The first-order valence-electron chi connectivity index (χ1n) is 7.62. The molecular formula is C19H17BrClN. The van der Waals surface area contributed by atoms with Gasteiger partial charge in [0.2, 0.25) is 0 Å². The van der Waals surface area contributed by atoms with Crippen molar-refractivity contribution < 1.29 is 0 Å². The van der Waals surface area contributed by atoms with Gasteiger partial charge in [-0.15, -0.1) is 0 Å². The van der Waals surface area contributed by atoms with E-state index in [2.05, 4.69) is 70.7 Å². The molecule has 0 bridgehead atoms. The van der Waals surface area contributed by atoms with Gasteiger partial charge in [0, 0.05) is 21.1 Å². The molecule has 3 heteroatoms. The maximum absolute atomic E-state index is 6.29. The molecule has 2 aliphatic rings. The summed E-state index contributed by atoms with van der Waals surface area (Å²) in [6.45, 7) is 2.13. The van der Waals surface area contributed by atoms with Gasteiger partial charge in [-0.1, -0.05) is 51.8 Å². The Bertz CT molecular complexity index is 768. The van der Waals surface area contributed by atoms with E-state index in [0.717, 1.165) is 15.9 Å². The van der Waals surface area contributed by atoms with Crippen LogP contribution >= 0.6 is 27.5 Å². The van der Waals surface area contributed by atoms with Crippen LogP contribution in [-0.2, 0) is 0 Å². The van der Waals surface area contributed by atoms with Crippen LogP contribution in [0.15, 0.2) is 53.0 Å². The van der Waals surface area contributed by atoms with Crippen LogP contribution < -0.4 is 5.32 Å². The van der Waals surface area contributed by atoms with Gasteiger partial charge in [0.25, 0.3) is 0 Å². The average Bonchev–Trinajstić information content (AvgIpc) is 2.96. The number of benzene rings is 2. The van der Waals surface area contributed by atoms with Gasteiger partial charge in [-0.2, -0.15) is 0 Å². The molecule has 22 heavy (non-hydrogen) atoms. The van der Waals surface area contributed by atoms with Gasteiger partial charge in [-0.05, 0) is 60.2 Å². The molecule has 0 saturated carbocycles. The van der Waals surface area contributed by atoms with Crippen LogP contribution in [-0.4, -0.2) is 0 Å². The van der Waals surface area contributed by atoms with E-state index in [1.54, 1.807) is 0 Å². The molecule has 0 aromatic heterocycles. The normalized spacial score (nSPS) is 25.5. The summed E-state index contributed by atoms with van der Waals surface area (Å²) in [5, 5.41) is 4.62. The van der Waals surface area contributed by atoms with E-state index < -0.39 is 0 Å². The van der Waals surface area contributed by atoms with Crippen molar-refractivity contribution in [2.45, 2.75) is 25.3 Å². The van der Waals surface area contributed by atoms with Crippen LogP contribution in [0.4, 0.5) is 5.69 Å². The monoisotopic (exact) mass is 373 g/mol. The number of fused-ring (bicyclic) bond motifs is 3. The molecule has 2 aromatic carbocycles. The molecule has 4 rings (SSSR count). The number of allylic oxidation sites excluding steroid dienone is 2. The highest BCUT2D eigenvalue weighted by Crippen LogP contribution is 2.51. The number of hydrogen-bond acceptors (Lipinski definition) is 1. The maximum atomic E-state index is 6.29. The highest BCUT2D eigenvalue weighted by Gasteiger charge is 2.38. The first-order chi connectivity index (χ1) is 10.6. The number of anilines is 1. The highest BCUT2D eigenvalue weighted by atomic mass is 79.9. The Balaban J connectivity index is 1.84. The van der Waals surface area contributed by atoms with Gasteiger partial charge in [0.05, 0.1) is 6.04 Å². The van der Waals surface area contributed by atoms with Crippen LogP contribution in [0.1, 0.15) is 35.1 Å². The molecule has 1 aliphatic heterocycles. The van der Waals surface area contributed by atoms with Gasteiger partial charge in [-0.3, -0.25) is 0 Å². The van der Waals surface area contributed by atoms with Crippen LogP contribution in [0.25, 0.3) is 0 Å². The first-order valence-corrected chi connectivity index (χ1v) is 8.79. The Morgan fingerprint density at radius 3 is 2.91 bits per heavy atom. The standard InChI is InChI=1S/C19H17BrClN/c1-11-8-14(21)10-17-15-6-3-7-16(15)19(22-18(11)17)12-4-2-5-13(20)9-12/h2-6,8-10,15-16,19,22H,7H2,1H3/t15-,16-,19-/m1/s1. The number of halogens is 2. The molecule has 0 saturated heterocycles. The molecule has 112 valence electrons. The fourth-order valence-electron chi connectivity index (χ4n) is 3.87. The van der Waals surface area contributed by atoms with Gasteiger partial charge in [-0.25, -0.2) is 0 Å². The fraction of sp³-hybridized carbons (Fsp3) is 0.263. The molecule has 0 radical (unpaired) electrons. The quantitative estimate of drug-likeness (QED) is 0.583. The lowest BCUT2D eigenvalue weighted by atomic mass is 9.76. The summed E-state index contributed by atoms with van der Waals surface area (Å²) in [4.78, 5) is 0. The number of aryl methyl sites for hydroxylation is 1. The summed E-state index contributed by atoms with van der Waals surface area (Å²) in [5.74, 6) is 1.01. The lowest BCUT2D eigenvalue weighted by Crippen LogP contribution is -2.29. The van der Waals surface area contributed by atoms with Crippen LogP contribution in [0.3, 0.4) is 0 Å². The number of hydrogen-bond donors (Lipinski definition) is 1. The third kappa shape index (κ3) is 2.29. The lowest BCUT2D eigenvalue weighted by molar-refractivity contribution is 0.425. The van der Waals surface area contributed by atoms with E-state index in [-0.39, 0.29) is 0 Å². The van der Waals surface area contributed by atoms with Crippen molar-refractivity contribution in [1.29, 1.82) is 0 Å². The maximum Gasteiger partial charge on any atom is 0.0554 e. The molecule has 1 N–H and O–H groups in total. The Hall–Kier alpha value is -1.25. The molecule has 0 spiro atoms. The molecule has 3 atom stereocenters. The zero-order valence-electron chi connectivity index (χ0n) is 12.3. The van der Waals surface area contributed by atoms with Gasteiger partial charge >= 0.3 is 0 Å². The van der Waals surface area contributed by atoms with Crippen molar-refractivity contribution in [1.82, 2.24) is 0 Å². The SMILES string of the molecule is Cc1cc(Cl)cc2c1N[C@H](c1cccc(Br)c1)[C@@H]1CC=C[C@@H]21. The highest BCUT2D eigenvalue weighted by molar-refractivity contribution is 9.10. The third-order valence-electron chi connectivity index (χ3n) is 4.84. The minimum Gasteiger partial charge on any atom is -0.377 e. The molecular weight excluding hydrogens is 358 g/mol. The van der Waals surface area contributed by atoms with E-state index in [1.165, 1.54) is 22.4 Å². The summed E-state index contributed by atoms with van der Waals surface area (Å²) < 4.78 is 1.13. The van der Waals surface area contributed by atoms with Crippen molar-refractivity contribution in [3.8, 4) is 0 Å². The molecule has 0 fully saturated rings. The van der Waals surface area contributed by atoms with Gasteiger partial charge in [0.15, 0.2) is 0 Å². The summed E-state index contributed by atoms with van der Waals surface area (Å²) in [7, 11) is 0. The molecule has 0 amide bonds. The summed E-state index contributed by atoms with van der Waals surface area (Å²) in [6.07, 6.45) is 5.78. The third-order valence-corrected chi connectivity index (χ3v) is 5.55. The van der Waals surface area contributed by atoms with E-state index >= 15 is 0 Å².